The van der Waals surface area contributed by atoms with Crippen LogP contribution in [-0.4, -0.2) is 30.5 Å². The average molecular weight is 278 g/mol. The van der Waals surface area contributed by atoms with E-state index in [9.17, 15) is 9.13 Å². The number of rotatable bonds is 2. The van der Waals surface area contributed by atoms with Gasteiger partial charge >= 0.3 is 15.6 Å². The minimum Gasteiger partial charge on any atom is -0.412 e. The summed E-state index contributed by atoms with van der Waals surface area (Å²) in [4.78, 5) is 31.0. The van der Waals surface area contributed by atoms with Gasteiger partial charge in [0.15, 0.2) is 0 Å². The Morgan fingerprint density at radius 1 is 0.833 bits per heavy atom. The zero-order valence-corrected chi connectivity index (χ0v) is 7.94. The van der Waals surface area contributed by atoms with Gasteiger partial charge in [-0.1, -0.05) is 0 Å². The van der Waals surface area contributed by atoms with Crippen LogP contribution in [0.4, 0.5) is 0 Å². The van der Waals surface area contributed by atoms with E-state index in [4.69, 9.17) is 19.6 Å². The third-order valence-electron chi connectivity index (χ3n) is 0.213. The summed E-state index contributed by atoms with van der Waals surface area (Å²) in [6.07, 6.45) is 0. The molecule has 0 fully saturated rings. The monoisotopic (exact) mass is 277 g/mol. The van der Waals surface area contributed by atoms with Gasteiger partial charge < -0.3 is 30.5 Å². The smallest absolute Gasteiger partial charge is 0.412 e. The molecule has 12 heavy (non-hydrogen) atoms. The van der Waals surface area contributed by atoms with E-state index in [1.165, 1.54) is 0 Å². The van der Waals surface area contributed by atoms with E-state index in [1.54, 1.807) is 0 Å². The average Bonchev–Trinajstić information content (AvgIpc) is 1.14. The second-order valence-electron chi connectivity index (χ2n) is 1.06. The molecule has 12 heteroatoms. The van der Waals surface area contributed by atoms with Crippen molar-refractivity contribution in [1.82, 2.24) is 0 Å². The summed E-state index contributed by atoms with van der Waals surface area (Å²) < 4.78 is 22.2. The quantitative estimate of drug-likeness (QED) is 0.318. The summed E-state index contributed by atoms with van der Waals surface area (Å²) in [5.41, 5.74) is 0. The van der Waals surface area contributed by atoms with Crippen molar-refractivity contribution in [2.45, 2.75) is 0 Å². The van der Waals surface area contributed by atoms with E-state index >= 15 is 0 Å². The minimum absolute atomic E-state index is 0. The largest absolute Gasteiger partial charge is 0.478 e. The van der Waals surface area contributed by atoms with Crippen LogP contribution in [-0.2, 0) is 30.5 Å². The van der Waals surface area contributed by atoms with Crippen molar-refractivity contribution in [3.8, 4) is 0 Å². The predicted molar refractivity (Wildman–Crippen MR) is 32.4 cm³/mol. The Morgan fingerprint density at radius 3 is 1.00 bits per heavy atom. The maximum Gasteiger partial charge on any atom is 0.478 e. The molecule has 0 aromatic carbocycles. The van der Waals surface area contributed by atoms with Gasteiger partial charge in [-0.15, -0.1) is 0 Å². The van der Waals surface area contributed by atoms with Gasteiger partial charge in [-0.05, 0) is 0 Å². The zero-order chi connectivity index (χ0) is 7.71. The van der Waals surface area contributed by atoms with Crippen molar-refractivity contribution < 1.29 is 61.0 Å². The molecule has 8 N–H and O–H groups in total. The van der Waals surface area contributed by atoms with Crippen LogP contribution in [0.3, 0.4) is 0 Å². The number of hydrogen-bond donors (Lipinski definition) is 4. The van der Waals surface area contributed by atoms with Crippen LogP contribution in [0.5, 0.6) is 0 Å². The molecule has 0 aromatic heterocycles. The van der Waals surface area contributed by atoms with E-state index in [0.29, 0.717) is 0 Å². The normalized spacial score (nSPS) is 10.3. The predicted octanol–water partition coefficient (Wildman–Crippen LogP) is -2.46. The first-order valence-corrected chi connectivity index (χ1v) is 4.59. The minimum atomic E-state index is -5.05. The standard InChI is InChI=1S/Cu.H4O7P2.2H2O/c;1-8(2,3)7-9(4,5)6;;/h;(H2,1,2,3)(H2,4,5,6);2*1H2. The molecule has 0 aliphatic carbocycles. The van der Waals surface area contributed by atoms with Crippen LogP contribution in [0.15, 0.2) is 0 Å². The molecule has 0 spiro atoms. The van der Waals surface area contributed by atoms with Crippen molar-refractivity contribution >= 4 is 15.6 Å². The van der Waals surface area contributed by atoms with Crippen LogP contribution in [0.1, 0.15) is 0 Å². The van der Waals surface area contributed by atoms with Gasteiger partial charge in [0.05, 0.1) is 0 Å². The second-order valence-corrected chi connectivity index (χ2v) is 3.68. The Balaban J connectivity index is -0.000000107. The van der Waals surface area contributed by atoms with E-state index < -0.39 is 15.6 Å². The first-order valence-electron chi connectivity index (χ1n) is 1.53. The van der Waals surface area contributed by atoms with Crippen LogP contribution in [0, 0.1) is 0 Å². The fourth-order valence-corrected chi connectivity index (χ4v) is 1.25. The molecule has 0 aromatic rings. The van der Waals surface area contributed by atoms with Crippen LogP contribution < -0.4 is 0 Å². The molecule has 9 nitrogen and oxygen atoms in total. The fourth-order valence-electron chi connectivity index (χ4n) is 0.139. The van der Waals surface area contributed by atoms with Crippen LogP contribution in [0.2, 0.25) is 0 Å². The van der Waals surface area contributed by atoms with Gasteiger partial charge in [-0.2, -0.15) is 4.31 Å². The van der Waals surface area contributed by atoms with Gasteiger partial charge in [0.2, 0.25) is 0 Å². The molecule has 0 amide bonds. The fraction of sp³-hybridized carbons (Fsp3) is 0. The first-order chi connectivity index (χ1) is 3.71. The van der Waals surface area contributed by atoms with Crippen LogP contribution in [0.25, 0.3) is 0 Å². The Hall–Kier alpha value is 0.699. The molecular weight excluding hydrogens is 269 g/mol. The maximum absolute atomic E-state index is 9.63. The van der Waals surface area contributed by atoms with Gasteiger partial charge in [0, 0.05) is 17.1 Å². The molecule has 0 bridgehead atoms. The van der Waals surface area contributed by atoms with Crippen molar-refractivity contribution in [3.05, 3.63) is 0 Å². The summed E-state index contributed by atoms with van der Waals surface area (Å²) in [7, 11) is -10.1. The van der Waals surface area contributed by atoms with Gasteiger partial charge in [0.1, 0.15) is 0 Å². The van der Waals surface area contributed by atoms with E-state index in [0.717, 1.165) is 0 Å². The topological polar surface area (TPSA) is 187 Å². The number of hydrogen-bond acceptors (Lipinski definition) is 3. The summed E-state index contributed by atoms with van der Waals surface area (Å²) in [6, 6.07) is 0. The maximum atomic E-state index is 9.63. The molecule has 0 heterocycles. The van der Waals surface area contributed by atoms with E-state index in [1.807, 2.05) is 0 Å². The molecule has 83 valence electrons. The van der Waals surface area contributed by atoms with Gasteiger partial charge in [-0.25, -0.2) is 9.13 Å². The molecule has 0 atom stereocenters. The SMILES string of the molecule is O.O.O=P(O)(O)OP(=O)(O)O.[Cu]. The zero-order valence-electron chi connectivity index (χ0n) is 5.21. The van der Waals surface area contributed by atoms with E-state index in [2.05, 4.69) is 4.31 Å². The number of phosphoric acid groups is 2. The Labute approximate surface area is 77.3 Å². The molecule has 0 saturated heterocycles. The third-order valence-corrected chi connectivity index (χ3v) is 1.91. The Bertz CT molecular complexity index is 153. The molecule has 0 saturated carbocycles. The first kappa shape index (κ1) is 23.0. The Morgan fingerprint density at radius 2 is 1.00 bits per heavy atom. The van der Waals surface area contributed by atoms with Crippen molar-refractivity contribution in [1.29, 1.82) is 0 Å². The second kappa shape index (κ2) is 7.14. The van der Waals surface area contributed by atoms with Crippen molar-refractivity contribution in [2.24, 2.45) is 0 Å². The molecule has 1 radical (unpaired) electrons. The summed E-state index contributed by atoms with van der Waals surface area (Å²) in [5, 5.41) is 0. The molecule has 0 aliphatic heterocycles. The van der Waals surface area contributed by atoms with E-state index in [-0.39, 0.29) is 28.0 Å². The van der Waals surface area contributed by atoms with Gasteiger partial charge in [0.25, 0.3) is 0 Å². The van der Waals surface area contributed by atoms with Gasteiger partial charge in [-0.3, -0.25) is 0 Å². The van der Waals surface area contributed by atoms with Crippen LogP contribution >= 0.6 is 15.6 Å². The Kier molecular flexibility index (Phi) is 13.7. The van der Waals surface area contributed by atoms with Crippen molar-refractivity contribution in [2.75, 3.05) is 0 Å². The summed E-state index contributed by atoms with van der Waals surface area (Å²) in [6.45, 7) is 0. The summed E-state index contributed by atoms with van der Waals surface area (Å²) in [5.74, 6) is 0. The summed E-state index contributed by atoms with van der Waals surface area (Å²) >= 11 is 0. The molecule has 0 unspecified atom stereocenters. The molecule has 0 rings (SSSR count). The molecular formula is H8CuO9P2. The third kappa shape index (κ3) is 22.4. The molecule has 0 aliphatic rings. The van der Waals surface area contributed by atoms with Crippen molar-refractivity contribution in [3.63, 3.8) is 0 Å².